The molecule has 0 heterocycles. The molecule has 0 radical (unpaired) electrons. The summed E-state index contributed by atoms with van der Waals surface area (Å²) in [5, 5.41) is 3.28. The van der Waals surface area contributed by atoms with Crippen LogP contribution in [0.25, 0.3) is 0 Å². The second kappa shape index (κ2) is 10.8. The van der Waals surface area contributed by atoms with Gasteiger partial charge in [-0.1, -0.05) is 26.2 Å². The van der Waals surface area contributed by atoms with E-state index < -0.39 is 9.84 Å². The molecule has 0 aliphatic heterocycles. The van der Waals surface area contributed by atoms with Crippen LogP contribution < -0.4 is 5.32 Å². The molecule has 4 nitrogen and oxygen atoms in total. The van der Waals surface area contributed by atoms with Gasteiger partial charge in [0.05, 0.1) is 11.5 Å². The van der Waals surface area contributed by atoms with E-state index in [9.17, 15) is 8.42 Å². The highest BCUT2D eigenvalue weighted by Gasteiger charge is 2.10. The molecule has 0 fully saturated rings. The number of methoxy groups -OCH3 is 1. The molecule has 0 saturated heterocycles. The van der Waals surface area contributed by atoms with Gasteiger partial charge in [0.25, 0.3) is 0 Å². The van der Waals surface area contributed by atoms with Crippen LogP contribution in [0.1, 0.15) is 46.0 Å². The van der Waals surface area contributed by atoms with Crippen LogP contribution in [0.4, 0.5) is 0 Å². The third-order valence-electron chi connectivity index (χ3n) is 2.95. The predicted octanol–water partition coefficient (Wildman–Crippen LogP) is 2.00. The van der Waals surface area contributed by atoms with Gasteiger partial charge in [0.1, 0.15) is 0 Å². The minimum atomic E-state index is -2.92. The summed E-state index contributed by atoms with van der Waals surface area (Å²) in [6, 6.07) is 0.408. The zero-order chi connectivity index (χ0) is 13.9. The summed E-state index contributed by atoms with van der Waals surface area (Å²) in [5.74, 6) is 0.460. The number of nitrogens with one attached hydrogen (secondary N) is 1. The molecule has 0 aromatic carbocycles. The van der Waals surface area contributed by atoms with E-state index in [2.05, 4.69) is 19.2 Å². The van der Waals surface area contributed by atoms with E-state index in [1.165, 1.54) is 19.3 Å². The lowest BCUT2D eigenvalue weighted by molar-refractivity contribution is 0.199. The zero-order valence-corrected chi connectivity index (χ0v) is 12.9. The van der Waals surface area contributed by atoms with E-state index in [4.69, 9.17) is 4.74 Å². The number of hydrogen-bond donors (Lipinski definition) is 1. The van der Waals surface area contributed by atoms with Gasteiger partial charge in [0, 0.05) is 26.3 Å². The maximum Gasteiger partial charge on any atom is 0.151 e. The van der Waals surface area contributed by atoms with Gasteiger partial charge in [-0.25, -0.2) is 8.42 Å². The topological polar surface area (TPSA) is 55.4 Å². The summed E-state index contributed by atoms with van der Waals surface area (Å²) >= 11 is 0. The van der Waals surface area contributed by atoms with Crippen LogP contribution in [0.5, 0.6) is 0 Å². The normalized spacial score (nSPS) is 13.7. The highest BCUT2D eigenvalue weighted by Crippen LogP contribution is 2.02. The molecule has 0 amide bonds. The van der Waals surface area contributed by atoms with E-state index in [-0.39, 0.29) is 11.5 Å². The molecule has 0 rings (SSSR count). The second-order valence-corrected chi connectivity index (χ2v) is 7.15. The Balaban J connectivity index is 3.62. The smallest absolute Gasteiger partial charge is 0.151 e. The quantitative estimate of drug-likeness (QED) is 0.555. The molecule has 0 aromatic rings. The monoisotopic (exact) mass is 279 g/mol. The van der Waals surface area contributed by atoms with E-state index in [0.717, 1.165) is 6.42 Å². The average Bonchev–Trinajstić information content (AvgIpc) is 2.29. The molecule has 0 spiro atoms. The van der Waals surface area contributed by atoms with Crippen LogP contribution in [0.2, 0.25) is 0 Å². The zero-order valence-electron chi connectivity index (χ0n) is 12.1. The van der Waals surface area contributed by atoms with Crippen LogP contribution in [-0.2, 0) is 14.6 Å². The number of hydrogen-bond acceptors (Lipinski definition) is 4. The Morgan fingerprint density at radius 3 is 2.50 bits per heavy atom. The van der Waals surface area contributed by atoms with E-state index >= 15 is 0 Å². The highest BCUT2D eigenvalue weighted by atomic mass is 32.2. The summed E-state index contributed by atoms with van der Waals surface area (Å²) < 4.78 is 28.2. The molecule has 110 valence electrons. The lowest BCUT2D eigenvalue weighted by atomic mass is 10.1. The lowest BCUT2D eigenvalue weighted by Gasteiger charge is -2.13. The van der Waals surface area contributed by atoms with Gasteiger partial charge in [0.15, 0.2) is 9.84 Å². The Bertz CT molecular complexity index is 278. The fourth-order valence-corrected chi connectivity index (χ4v) is 2.98. The van der Waals surface area contributed by atoms with Crippen molar-refractivity contribution < 1.29 is 13.2 Å². The maximum atomic E-state index is 11.7. The maximum absolute atomic E-state index is 11.7. The Morgan fingerprint density at radius 2 is 1.89 bits per heavy atom. The molecule has 1 unspecified atom stereocenters. The summed E-state index contributed by atoms with van der Waals surface area (Å²) in [5.41, 5.74) is 0. The number of ether oxygens (including phenoxy) is 1. The first-order valence-electron chi connectivity index (χ1n) is 6.94. The summed E-state index contributed by atoms with van der Waals surface area (Å²) in [6.45, 7) is 5.38. The molecule has 0 aromatic heterocycles. The number of rotatable bonds is 12. The van der Waals surface area contributed by atoms with Crippen LogP contribution in [-0.4, -0.2) is 46.2 Å². The van der Waals surface area contributed by atoms with Gasteiger partial charge in [-0.05, 0) is 19.8 Å². The van der Waals surface area contributed by atoms with Crippen molar-refractivity contribution in [1.29, 1.82) is 0 Å². The first kappa shape index (κ1) is 17.9. The van der Waals surface area contributed by atoms with Crippen molar-refractivity contribution in [3.8, 4) is 0 Å². The first-order valence-corrected chi connectivity index (χ1v) is 8.76. The van der Waals surface area contributed by atoms with Crippen molar-refractivity contribution in [2.45, 2.75) is 52.0 Å². The van der Waals surface area contributed by atoms with Gasteiger partial charge < -0.3 is 10.1 Å². The molecule has 18 heavy (non-hydrogen) atoms. The van der Waals surface area contributed by atoms with E-state index in [1.54, 1.807) is 7.11 Å². The molecular formula is C13H29NO3S. The largest absolute Gasteiger partial charge is 0.385 e. The molecule has 0 aliphatic carbocycles. The van der Waals surface area contributed by atoms with E-state index in [1.807, 2.05) is 0 Å². The van der Waals surface area contributed by atoms with Crippen molar-refractivity contribution in [1.82, 2.24) is 5.32 Å². The number of unbranched alkanes of at least 4 members (excludes halogenated alkanes) is 2. The van der Waals surface area contributed by atoms with Crippen molar-refractivity contribution in [2.75, 3.05) is 31.8 Å². The van der Waals surface area contributed by atoms with Crippen LogP contribution >= 0.6 is 0 Å². The Labute approximate surface area is 112 Å². The summed E-state index contributed by atoms with van der Waals surface area (Å²) in [6.07, 6.45) is 5.40. The highest BCUT2D eigenvalue weighted by molar-refractivity contribution is 7.91. The second-order valence-electron chi connectivity index (χ2n) is 4.85. The molecule has 0 aliphatic rings. The van der Waals surface area contributed by atoms with Gasteiger partial charge in [0.2, 0.25) is 0 Å². The van der Waals surface area contributed by atoms with E-state index in [0.29, 0.717) is 25.6 Å². The van der Waals surface area contributed by atoms with Crippen molar-refractivity contribution in [3.63, 3.8) is 0 Å². The third-order valence-corrected chi connectivity index (χ3v) is 4.69. The van der Waals surface area contributed by atoms with Crippen LogP contribution in [0.3, 0.4) is 0 Å². The fourth-order valence-electron chi connectivity index (χ4n) is 1.79. The number of sulfone groups is 1. The first-order chi connectivity index (χ1) is 8.52. The predicted molar refractivity (Wildman–Crippen MR) is 76.8 cm³/mol. The fraction of sp³-hybridized carbons (Fsp3) is 1.00. The van der Waals surface area contributed by atoms with Crippen molar-refractivity contribution in [3.05, 3.63) is 0 Å². The van der Waals surface area contributed by atoms with Gasteiger partial charge >= 0.3 is 0 Å². The minimum absolute atomic E-state index is 0.229. The van der Waals surface area contributed by atoms with Gasteiger partial charge in [-0.2, -0.15) is 0 Å². The van der Waals surface area contributed by atoms with Crippen molar-refractivity contribution >= 4 is 9.84 Å². The average molecular weight is 279 g/mol. The third kappa shape index (κ3) is 11.0. The SMILES string of the molecule is CCCCCC(C)NCCS(=O)(=O)CCCOC. The molecule has 0 saturated carbocycles. The van der Waals surface area contributed by atoms with Crippen LogP contribution in [0.15, 0.2) is 0 Å². The Kier molecular flexibility index (Phi) is 10.7. The minimum Gasteiger partial charge on any atom is -0.385 e. The molecule has 0 bridgehead atoms. The Morgan fingerprint density at radius 1 is 1.17 bits per heavy atom. The lowest BCUT2D eigenvalue weighted by Crippen LogP contribution is -2.31. The molecule has 1 N–H and O–H groups in total. The van der Waals surface area contributed by atoms with Gasteiger partial charge in [-0.15, -0.1) is 0 Å². The molecule has 1 atom stereocenters. The summed E-state index contributed by atoms with van der Waals surface area (Å²) in [7, 11) is -1.33. The standard InChI is InChI=1S/C13H29NO3S/c1-4-5-6-8-13(2)14-9-12-18(15,16)11-7-10-17-3/h13-14H,4-12H2,1-3H3. The molecular weight excluding hydrogens is 250 g/mol. The molecule has 5 heteroatoms. The van der Waals surface area contributed by atoms with Gasteiger partial charge in [-0.3, -0.25) is 0 Å². The Hall–Kier alpha value is -0.130. The summed E-state index contributed by atoms with van der Waals surface area (Å²) in [4.78, 5) is 0. The van der Waals surface area contributed by atoms with Crippen LogP contribution in [0, 0.1) is 0 Å². The van der Waals surface area contributed by atoms with Crippen molar-refractivity contribution in [2.24, 2.45) is 0 Å².